The van der Waals surface area contributed by atoms with Crippen molar-refractivity contribution in [1.82, 2.24) is 9.80 Å². The van der Waals surface area contributed by atoms with Crippen LogP contribution >= 0.6 is 12.2 Å². The molecule has 3 rings (SSSR count). The number of ether oxygens (including phenoxy) is 1. The SMILES string of the molecule is CN=C(C=C(N)C(=N)c1cc(OC2(C)CC2)ccc1N)N1CCN(C(=S)N=CN)CC1. The fourth-order valence-corrected chi connectivity index (χ4v) is 3.56. The number of anilines is 1. The van der Waals surface area contributed by atoms with Crippen molar-refractivity contribution in [2.75, 3.05) is 39.0 Å². The molecule has 9 nitrogen and oxygen atoms in total. The number of nitrogens with zero attached hydrogens (tertiary/aromatic N) is 4. The summed E-state index contributed by atoms with van der Waals surface area (Å²) in [4.78, 5) is 12.4. The molecule has 0 amide bonds. The highest BCUT2D eigenvalue weighted by molar-refractivity contribution is 7.80. The van der Waals surface area contributed by atoms with Crippen LogP contribution in [0, 0.1) is 5.41 Å². The molecule has 1 aromatic rings. The molecule has 1 aliphatic heterocycles. The van der Waals surface area contributed by atoms with Gasteiger partial charge < -0.3 is 31.7 Å². The standard InChI is InChI=1S/C21H30N8OS/c1-21(5-6-21)30-14-3-4-16(23)15(11-14)19(25)17(24)12-18(26-2)28-7-9-29(10-8-28)20(31)27-13-22/h3-4,11-13,25H,5-10,23-24H2,1-2H3,(H2,22,27,31). The van der Waals surface area contributed by atoms with Crippen LogP contribution in [0.3, 0.4) is 0 Å². The third-order valence-electron chi connectivity index (χ3n) is 5.47. The summed E-state index contributed by atoms with van der Waals surface area (Å²) in [6.07, 6.45) is 4.97. The molecule has 0 spiro atoms. The second-order valence-electron chi connectivity index (χ2n) is 7.89. The predicted molar refractivity (Wildman–Crippen MR) is 130 cm³/mol. The lowest BCUT2D eigenvalue weighted by Gasteiger charge is -2.36. The first kappa shape index (κ1) is 22.5. The van der Waals surface area contributed by atoms with E-state index in [0.717, 1.165) is 12.8 Å². The molecule has 2 aliphatic rings. The normalized spacial score (nSPS) is 18.9. The second kappa shape index (κ2) is 9.34. The molecular weight excluding hydrogens is 412 g/mol. The maximum absolute atomic E-state index is 8.58. The zero-order valence-corrected chi connectivity index (χ0v) is 18.8. The monoisotopic (exact) mass is 442 g/mol. The largest absolute Gasteiger partial charge is 0.488 e. The topological polar surface area (TPSA) is 142 Å². The lowest BCUT2D eigenvalue weighted by molar-refractivity contribution is 0.200. The molecule has 10 heteroatoms. The van der Waals surface area contributed by atoms with Gasteiger partial charge in [0, 0.05) is 50.6 Å². The number of nitrogens with one attached hydrogen (secondary N) is 1. The second-order valence-corrected chi connectivity index (χ2v) is 8.26. The van der Waals surface area contributed by atoms with Crippen molar-refractivity contribution in [1.29, 1.82) is 5.41 Å². The number of aliphatic imine (C=N–C) groups is 2. The van der Waals surface area contributed by atoms with Crippen molar-refractivity contribution in [2.45, 2.75) is 25.4 Å². The predicted octanol–water partition coefficient (Wildman–Crippen LogP) is 1.33. The van der Waals surface area contributed by atoms with Gasteiger partial charge in [-0.15, -0.1) is 0 Å². The number of nitrogen functional groups attached to an aromatic ring is 1. The highest BCUT2D eigenvalue weighted by atomic mass is 32.1. The van der Waals surface area contributed by atoms with Gasteiger partial charge in [0.1, 0.15) is 17.2 Å². The number of thiocarbonyl (C=S) groups is 1. The molecule has 7 N–H and O–H groups in total. The van der Waals surface area contributed by atoms with Crippen LogP contribution in [-0.2, 0) is 0 Å². The number of nitrogens with two attached hydrogens (primary N) is 3. The van der Waals surface area contributed by atoms with E-state index in [1.807, 2.05) is 11.0 Å². The Morgan fingerprint density at radius 2 is 1.87 bits per heavy atom. The molecule has 31 heavy (non-hydrogen) atoms. The van der Waals surface area contributed by atoms with Crippen LogP contribution in [0.1, 0.15) is 25.3 Å². The van der Waals surface area contributed by atoms with E-state index >= 15 is 0 Å². The lowest BCUT2D eigenvalue weighted by Crippen LogP contribution is -2.49. The first-order valence-corrected chi connectivity index (χ1v) is 10.6. The van der Waals surface area contributed by atoms with Gasteiger partial charge >= 0.3 is 0 Å². The zero-order valence-electron chi connectivity index (χ0n) is 18.0. The van der Waals surface area contributed by atoms with Crippen LogP contribution in [-0.4, -0.2) is 71.6 Å². The number of allylic oxidation sites excluding steroid dienone is 1. The molecule has 1 aromatic carbocycles. The lowest BCUT2D eigenvalue weighted by atomic mass is 10.0. The molecule has 2 fully saturated rings. The average Bonchev–Trinajstić information content (AvgIpc) is 3.49. The van der Waals surface area contributed by atoms with Crippen molar-refractivity contribution < 1.29 is 4.74 Å². The van der Waals surface area contributed by atoms with Crippen molar-refractivity contribution >= 4 is 40.9 Å². The van der Waals surface area contributed by atoms with E-state index < -0.39 is 0 Å². The highest BCUT2D eigenvalue weighted by Gasteiger charge is 2.40. The molecule has 1 saturated carbocycles. The maximum atomic E-state index is 8.58. The third-order valence-corrected chi connectivity index (χ3v) is 5.84. The minimum Gasteiger partial charge on any atom is -0.488 e. The quantitative estimate of drug-likeness (QED) is 0.233. The summed E-state index contributed by atoms with van der Waals surface area (Å²) in [7, 11) is 1.71. The number of benzene rings is 1. The van der Waals surface area contributed by atoms with Crippen molar-refractivity contribution in [3.8, 4) is 5.75 Å². The number of rotatable bonds is 5. The Kier molecular flexibility index (Phi) is 6.79. The summed E-state index contributed by atoms with van der Waals surface area (Å²) in [6, 6.07) is 5.36. The molecular formula is C21H30N8OS. The minimum atomic E-state index is -0.112. The maximum Gasteiger partial charge on any atom is 0.196 e. The van der Waals surface area contributed by atoms with Gasteiger partial charge in [0.05, 0.1) is 17.7 Å². The Morgan fingerprint density at radius 1 is 1.23 bits per heavy atom. The molecule has 1 heterocycles. The Hall–Kier alpha value is -3.14. The van der Waals surface area contributed by atoms with E-state index in [1.165, 1.54) is 6.34 Å². The summed E-state index contributed by atoms with van der Waals surface area (Å²) >= 11 is 5.24. The summed E-state index contributed by atoms with van der Waals surface area (Å²) < 4.78 is 6.01. The van der Waals surface area contributed by atoms with Crippen molar-refractivity contribution in [3.63, 3.8) is 0 Å². The van der Waals surface area contributed by atoms with Crippen LogP contribution in [0.25, 0.3) is 0 Å². The third kappa shape index (κ3) is 5.52. The Labute approximate surface area is 188 Å². The summed E-state index contributed by atoms with van der Waals surface area (Å²) in [6.45, 7) is 4.88. The molecule has 0 atom stereocenters. The van der Waals surface area contributed by atoms with Crippen LogP contribution in [0.4, 0.5) is 5.69 Å². The fourth-order valence-electron chi connectivity index (χ4n) is 3.31. The van der Waals surface area contributed by atoms with E-state index in [-0.39, 0.29) is 17.0 Å². The molecule has 0 aromatic heterocycles. The Balaban J connectivity index is 1.70. The van der Waals surface area contributed by atoms with Gasteiger partial charge in [-0.05, 0) is 50.2 Å². The number of amidine groups is 1. The van der Waals surface area contributed by atoms with Gasteiger partial charge in [-0.3, -0.25) is 10.4 Å². The summed E-state index contributed by atoms with van der Waals surface area (Å²) in [5.41, 5.74) is 19.1. The van der Waals surface area contributed by atoms with Crippen molar-refractivity contribution in [2.24, 2.45) is 21.5 Å². The van der Waals surface area contributed by atoms with Crippen LogP contribution in [0.5, 0.6) is 5.75 Å². The first-order chi connectivity index (χ1) is 14.8. The van der Waals surface area contributed by atoms with Crippen LogP contribution in [0.2, 0.25) is 0 Å². The summed E-state index contributed by atoms with van der Waals surface area (Å²) in [5.74, 6) is 1.39. The van der Waals surface area contributed by atoms with E-state index in [9.17, 15) is 0 Å². The smallest absolute Gasteiger partial charge is 0.196 e. The van der Waals surface area contributed by atoms with E-state index in [4.69, 9.17) is 39.6 Å². The van der Waals surface area contributed by atoms with Gasteiger partial charge in [-0.1, -0.05) is 0 Å². The van der Waals surface area contributed by atoms with Gasteiger partial charge in [0.15, 0.2) is 5.11 Å². The van der Waals surface area contributed by atoms with Gasteiger partial charge in [-0.2, -0.15) is 0 Å². The highest BCUT2D eigenvalue weighted by Crippen LogP contribution is 2.40. The first-order valence-electron chi connectivity index (χ1n) is 10.2. The fraction of sp³-hybridized carbons (Fsp3) is 0.429. The molecule has 0 unspecified atom stereocenters. The number of piperazine rings is 1. The molecule has 0 radical (unpaired) electrons. The number of hydrogen-bond donors (Lipinski definition) is 4. The van der Waals surface area contributed by atoms with Gasteiger partial charge in [0.2, 0.25) is 0 Å². The molecule has 1 saturated heterocycles. The van der Waals surface area contributed by atoms with Crippen molar-refractivity contribution in [3.05, 3.63) is 35.5 Å². The van der Waals surface area contributed by atoms with Gasteiger partial charge in [-0.25, -0.2) is 4.99 Å². The average molecular weight is 443 g/mol. The van der Waals surface area contributed by atoms with Gasteiger partial charge in [0.25, 0.3) is 0 Å². The van der Waals surface area contributed by atoms with Crippen LogP contribution in [0.15, 0.2) is 40.0 Å². The number of hydrogen-bond acceptors (Lipinski definition) is 6. The van der Waals surface area contributed by atoms with E-state index in [1.54, 1.807) is 25.3 Å². The Morgan fingerprint density at radius 3 is 2.45 bits per heavy atom. The van der Waals surface area contributed by atoms with E-state index in [0.29, 0.717) is 54.1 Å². The molecule has 166 valence electrons. The van der Waals surface area contributed by atoms with Crippen LogP contribution < -0.4 is 21.9 Å². The Bertz CT molecular complexity index is 943. The molecule has 1 aliphatic carbocycles. The zero-order chi connectivity index (χ0) is 22.6. The summed E-state index contributed by atoms with van der Waals surface area (Å²) in [5, 5.41) is 9.06. The molecule has 0 bridgehead atoms. The minimum absolute atomic E-state index is 0.112. The van der Waals surface area contributed by atoms with E-state index in [2.05, 4.69) is 21.8 Å².